The second-order valence-corrected chi connectivity index (χ2v) is 6.43. The van der Waals surface area contributed by atoms with Gasteiger partial charge >= 0.3 is 0 Å². The third kappa shape index (κ3) is 3.50. The molecule has 3 rings (SSSR count). The Morgan fingerprint density at radius 2 is 1.91 bits per heavy atom. The monoisotopic (exact) mass is 301 g/mol. The van der Waals surface area contributed by atoms with E-state index in [0.717, 1.165) is 64.1 Å². The molecule has 0 radical (unpaired) electrons. The average molecular weight is 301 g/mol. The van der Waals surface area contributed by atoms with Gasteiger partial charge in [-0.15, -0.1) is 0 Å². The molecule has 2 fully saturated rings. The minimum absolute atomic E-state index is 0.195. The number of amides is 1. The van der Waals surface area contributed by atoms with E-state index in [1.165, 1.54) is 5.56 Å². The van der Waals surface area contributed by atoms with Crippen LogP contribution in [0.2, 0.25) is 0 Å². The average Bonchev–Trinajstić information content (AvgIpc) is 3.06. The number of carbonyl (C=O) groups is 1. The first-order valence-corrected chi connectivity index (χ1v) is 8.61. The van der Waals surface area contributed by atoms with Gasteiger partial charge in [0.25, 0.3) is 5.91 Å². The highest BCUT2D eigenvalue weighted by Crippen LogP contribution is 2.19. The van der Waals surface area contributed by atoms with Crippen molar-refractivity contribution in [2.45, 2.75) is 32.2 Å². The van der Waals surface area contributed by atoms with Crippen molar-refractivity contribution in [1.29, 1.82) is 0 Å². The summed E-state index contributed by atoms with van der Waals surface area (Å²) in [5.74, 6) is 0.195. The van der Waals surface area contributed by atoms with E-state index in [0.29, 0.717) is 6.04 Å². The van der Waals surface area contributed by atoms with Gasteiger partial charge in [-0.1, -0.05) is 25.5 Å². The van der Waals surface area contributed by atoms with E-state index in [2.05, 4.69) is 29.3 Å². The molecule has 1 N–H and O–H groups in total. The van der Waals surface area contributed by atoms with Crippen molar-refractivity contribution in [1.82, 2.24) is 15.1 Å². The zero-order chi connectivity index (χ0) is 15.4. The van der Waals surface area contributed by atoms with Crippen LogP contribution in [0.3, 0.4) is 0 Å². The summed E-state index contributed by atoms with van der Waals surface area (Å²) >= 11 is 0. The van der Waals surface area contributed by atoms with E-state index in [1.54, 1.807) is 0 Å². The smallest absolute Gasteiger partial charge is 0.253 e. The molecular weight excluding hydrogens is 274 g/mol. The molecule has 2 aliphatic heterocycles. The lowest BCUT2D eigenvalue weighted by molar-refractivity contribution is 0.0773. The van der Waals surface area contributed by atoms with Crippen LogP contribution in [0.25, 0.3) is 0 Å². The van der Waals surface area contributed by atoms with Gasteiger partial charge in [-0.3, -0.25) is 9.69 Å². The van der Waals surface area contributed by atoms with E-state index in [-0.39, 0.29) is 5.91 Å². The largest absolute Gasteiger partial charge is 0.337 e. The van der Waals surface area contributed by atoms with Gasteiger partial charge in [-0.05, 0) is 30.5 Å². The second kappa shape index (κ2) is 7.25. The number of carbonyl (C=O) groups excluding carboxylic acids is 1. The number of hydrogen-bond donors (Lipinski definition) is 1. The molecule has 1 aromatic carbocycles. The van der Waals surface area contributed by atoms with Gasteiger partial charge in [0, 0.05) is 50.9 Å². The van der Waals surface area contributed by atoms with Gasteiger partial charge in [0.1, 0.15) is 0 Å². The first kappa shape index (κ1) is 15.5. The number of nitrogens with zero attached hydrogens (tertiary/aromatic N) is 2. The summed E-state index contributed by atoms with van der Waals surface area (Å²) in [4.78, 5) is 17.2. The van der Waals surface area contributed by atoms with Crippen LogP contribution in [-0.2, 0) is 6.42 Å². The Balaban J connectivity index is 1.58. The van der Waals surface area contributed by atoms with Crippen LogP contribution in [0.1, 0.15) is 35.7 Å². The number of benzene rings is 1. The lowest BCUT2D eigenvalue weighted by atomic mass is 10.1. The number of rotatable bonds is 4. The third-order valence-electron chi connectivity index (χ3n) is 4.86. The van der Waals surface area contributed by atoms with Crippen molar-refractivity contribution >= 4 is 5.91 Å². The molecule has 1 atom stereocenters. The fourth-order valence-corrected chi connectivity index (χ4v) is 3.56. The molecule has 2 aliphatic rings. The highest BCUT2D eigenvalue weighted by molar-refractivity contribution is 5.94. The highest BCUT2D eigenvalue weighted by Gasteiger charge is 2.31. The Morgan fingerprint density at radius 1 is 1.18 bits per heavy atom. The van der Waals surface area contributed by atoms with Gasteiger partial charge in [0.15, 0.2) is 0 Å². The summed E-state index contributed by atoms with van der Waals surface area (Å²) in [5.41, 5.74) is 2.15. The fraction of sp³-hybridized carbons (Fsp3) is 0.611. The van der Waals surface area contributed by atoms with Crippen LogP contribution in [0.4, 0.5) is 0 Å². The van der Waals surface area contributed by atoms with Gasteiger partial charge in [-0.2, -0.15) is 0 Å². The third-order valence-corrected chi connectivity index (χ3v) is 4.86. The quantitative estimate of drug-likeness (QED) is 0.920. The molecule has 4 heteroatoms. The number of nitrogens with one attached hydrogen (secondary N) is 1. The van der Waals surface area contributed by atoms with E-state index < -0.39 is 0 Å². The molecule has 2 saturated heterocycles. The van der Waals surface area contributed by atoms with Gasteiger partial charge in [-0.25, -0.2) is 0 Å². The number of hydrogen-bond acceptors (Lipinski definition) is 3. The van der Waals surface area contributed by atoms with Gasteiger partial charge in [0.05, 0.1) is 0 Å². The molecule has 1 unspecified atom stereocenters. The van der Waals surface area contributed by atoms with E-state index >= 15 is 0 Å². The van der Waals surface area contributed by atoms with Crippen LogP contribution in [-0.4, -0.2) is 61.0 Å². The fourth-order valence-electron chi connectivity index (χ4n) is 3.56. The predicted molar refractivity (Wildman–Crippen MR) is 89.2 cm³/mol. The maximum Gasteiger partial charge on any atom is 0.253 e. The van der Waals surface area contributed by atoms with Crippen LogP contribution in [0.5, 0.6) is 0 Å². The van der Waals surface area contributed by atoms with Crippen molar-refractivity contribution in [2.24, 2.45) is 0 Å². The van der Waals surface area contributed by atoms with E-state index in [1.807, 2.05) is 17.0 Å². The van der Waals surface area contributed by atoms with Crippen LogP contribution < -0.4 is 5.32 Å². The molecule has 4 nitrogen and oxygen atoms in total. The maximum absolute atomic E-state index is 12.6. The maximum atomic E-state index is 12.6. The molecular formula is C18H27N3O. The summed E-state index contributed by atoms with van der Waals surface area (Å²) in [6.07, 6.45) is 3.34. The predicted octanol–water partition coefficient (Wildman–Crippen LogP) is 1.76. The molecule has 0 saturated carbocycles. The summed E-state index contributed by atoms with van der Waals surface area (Å²) in [5, 5.41) is 3.39. The Kier molecular flexibility index (Phi) is 5.11. The molecule has 0 aromatic heterocycles. The summed E-state index contributed by atoms with van der Waals surface area (Å²) in [7, 11) is 0. The van der Waals surface area contributed by atoms with E-state index in [9.17, 15) is 4.79 Å². The number of likely N-dealkylation sites (tertiary alicyclic amines) is 1. The molecule has 0 aliphatic carbocycles. The van der Waals surface area contributed by atoms with Crippen molar-refractivity contribution in [2.75, 3.05) is 39.3 Å². The normalized spacial score (nSPS) is 23.0. The summed E-state index contributed by atoms with van der Waals surface area (Å²) in [6.45, 7) is 8.32. The molecule has 0 bridgehead atoms. The minimum atomic E-state index is 0.195. The van der Waals surface area contributed by atoms with Gasteiger partial charge in [0.2, 0.25) is 0 Å². The Labute approximate surface area is 133 Å². The Bertz CT molecular complexity index is 494. The second-order valence-electron chi connectivity index (χ2n) is 6.43. The zero-order valence-corrected chi connectivity index (χ0v) is 13.6. The van der Waals surface area contributed by atoms with Crippen molar-refractivity contribution in [3.63, 3.8) is 0 Å². The molecule has 1 amide bonds. The zero-order valence-electron chi connectivity index (χ0n) is 13.6. The lowest BCUT2D eigenvalue weighted by Crippen LogP contribution is -2.49. The molecule has 120 valence electrons. The van der Waals surface area contributed by atoms with Crippen LogP contribution >= 0.6 is 0 Å². The van der Waals surface area contributed by atoms with E-state index in [4.69, 9.17) is 0 Å². The lowest BCUT2D eigenvalue weighted by Gasteiger charge is -2.32. The Morgan fingerprint density at radius 3 is 2.59 bits per heavy atom. The molecule has 22 heavy (non-hydrogen) atoms. The van der Waals surface area contributed by atoms with Crippen LogP contribution in [0, 0.1) is 0 Å². The highest BCUT2D eigenvalue weighted by atomic mass is 16.2. The Hall–Kier alpha value is -1.39. The van der Waals surface area contributed by atoms with Crippen molar-refractivity contribution in [3.8, 4) is 0 Å². The van der Waals surface area contributed by atoms with Crippen molar-refractivity contribution < 1.29 is 4.79 Å². The molecule has 1 aromatic rings. The minimum Gasteiger partial charge on any atom is -0.337 e. The van der Waals surface area contributed by atoms with Crippen molar-refractivity contribution in [3.05, 3.63) is 35.4 Å². The SMILES string of the molecule is CCCc1ccc(C(=O)N2CCC(N3CCNCC3)C2)cc1. The topological polar surface area (TPSA) is 35.6 Å². The van der Waals surface area contributed by atoms with Gasteiger partial charge < -0.3 is 10.2 Å². The number of piperazine rings is 1. The first-order valence-electron chi connectivity index (χ1n) is 8.61. The van der Waals surface area contributed by atoms with Crippen LogP contribution in [0.15, 0.2) is 24.3 Å². The summed E-state index contributed by atoms with van der Waals surface area (Å²) in [6, 6.07) is 8.73. The molecule has 0 spiro atoms. The standard InChI is InChI=1S/C18H27N3O/c1-2-3-15-4-6-16(7-5-15)18(22)21-11-8-17(14-21)20-12-9-19-10-13-20/h4-7,17,19H,2-3,8-14H2,1H3. The molecule has 2 heterocycles. The summed E-state index contributed by atoms with van der Waals surface area (Å²) < 4.78 is 0. The number of aryl methyl sites for hydroxylation is 1. The first-order chi connectivity index (χ1) is 10.8.